The van der Waals surface area contributed by atoms with Gasteiger partial charge in [-0.25, -0.2) is 0 Å². The van der Waals surface area contributed by atoms with Crippen LogP contribution in [0, 0.1) is 0 Å². The fourth-order valence-corrected chi connectivity index (χ4v) is 2.56. The number of carbonyl (C=O) groups excluding carboxylic acids is 2. The third kappa shape index (κ3) is 4.45. The van der Waals surface area contributed by atoms with Crippen LogP contribution < -0.4 is 10.6 Å². The zero-order valence-electron chi connectivity index (χ0n) is 13.5. The number of benzene rings is 2. The number of hydrogen-bond acceptors (Lipinski definition) is 3. The van der Waals surface area contributed by atoms with Gasteiger partial charge in [-0.1, -0.05) is 29.3 Å². The molecule has 0 aliphatic carbocycles. The van der Waals surface area contributed by atoms with Gasteiger partial charge in [-0.15, -0.1) is 0 Å². The van der Waals surface area contributed by atoms with E-state index in [9.17, 15) is 9.59 Å². The number of amides is 2. The fourth-order valence-electron chi connectivity index (χ4n) is 2.26. The molecule has 7 heteroatoms. The van der Waals surface area contributed by atoms with Crippen LogP contribution in [0.25, 0.3) is 0 Å². The Bertz CT molecular complexity index is 940. The van der Waals surface area contributed by atoms with Crippen LogP contribution in [-0.4, -0.2) is 11.8 Å². The van der Waals surface area contributed by atoms with Crippen molar-refractivity contribution in [1.29, 1.82) is 0 Å². The van der Waals surface area contributed by atoms with E-state index >= 15 is 0 Å². The van der Waals surface area contributed by atoms with Crippen molar-refractivity contribution in [2.24, 2.45) is 0 Å². The molecule has 2 N–H and O–H groups in total. The molecule has 2 amide bonds. The van der Waals surface area contributed by atoms with Gasteiger partial charge in [0.25, 0.3) is 11.8 Å². The Labute approximate surface area is 159 Å². The molecule has 26 heavy (non-hydrogen) atoms. The van der Waals surface area contributed by atoms with Gasteiger partial charge >= 0.3 is 0 Å². The minimum Gasteiger partial charge on any atom is -0.467 e. The number of hydrogen-bond donors (Lipinski definition) is 2. The summed E-state index contributed by atoms with van der Waals surface area (Å²) < 4.78 is 5.17. The van der Waals surface area contributed by atoms with Gasteiger partial charge in [-0.2, -0.15) is 0 Å². The lowest BCUT2D eigenvalue weighted by molar-refractivity contribution is 0.0948. The van der Waals surface area contributed by atoms with Crippen molar-refractivity contribution in [1.82, 2.24) is 5.32 Å². The first-order chi connectivity index (χ1) is 12.5. The van der Waals surface area contributed by atoms with E-state index < -0.39 is 0 Å². The quantitative estimate of drug-likeness (QED) is 0.661. The monoisotopic (exact) mass is 388 g/mol. The number of halogens is 2. The van der Waals surface area contributed by atoms with Gasteiger partial charge in [0.15, 0.2) is 0 Å². The minimum atomic E-state index is -0.357. The Balaban J connectivity index is 1.68. The SMILES string of the molecule is O=C(NCc1ccco1)c1cccc(C(=O)Nc2ccc(Cl)c(Cl)c2)c1. The summed E-state index contributed by atoms with van der Waals surface area (Å²) in [5.41, 5.74) is 1.23. The van der Waals surface area contributed by atoms with Gasteiger partial charge in [0.2, 0.25) is 0 Å². The van der Waals surface area contributed by atoms with Crippen molar-refractivity contribution in [2.75, 3.05) is 5.32 Å². The molecule has 0 bridgehead atoms. The van der Waals surface area contributed by atoms with E-state index in [-0.39, 0.29) is 18.4 Å². The zero-order valence-corrected chi connectivity index (χ0v) is 15.0. The Morgan fingerprint density at radius 2 is 1.65 bits per heavy atom. The molecule has 0 radical (unpaired) electrons. The number of nitrogens with one attached hydrogen (secondary N) is 2. The molecule has 0 saturated carbocycles. The van der Waals surface area contributed by atoms with Gasteiger partial charge in [-0.05, 0) is 48.5 Å². The highest BCUT2D eigenvalue weighted by molar-refractivity contribution is 6.42. The predicted molar refractivity (Wildman–Crippen MR) is 101 cm³/mol. The lowest BCUT2D eigenvalue weighted by Crippen LogP contribution is -2.23. The molecule has 0 aliphatic heterocycles. The molecule has 0 fully saturated rings. The molecule has 3 rings (SSSR count). The van der Waals surface area contributed by atoms with Crippen molar-refractivity contribution < 1.29 is 14.0 Å². The Kier molecular flexibility index (Phi) is 5.61. The summed E-state index contributed by atoms with van der Waals surface area (Å²) >= 11 is 11.8. The molecule has 132 valence electrons. The van der Waals surface area contributed by atoms with Crippen LogP contribution in [0.4, 0.5) is 5.69 Å². The summed E-state index contributed by atoms with van der Waals surface area (Å²) in [5.74, 6) is -0.0125. The third-order valence-electron chi connectivity index (χ3n) is 3.57. The van der Waals surface area contributed by atoms with Gasteiger partial charge in [0.1, 0.15) is 5.76 Å². The minimum absolute atomic E-state index is 0.269. The molecule has 5 nitrogen and oxygen atoms in total. The van der Waals surface area contributed by atoms with Crippen LogP contribution >= 0.6 is 23.2 Å². The topological polar surface area (TPSA) is 71.3 Å². The van der Waals surface area contributed by atoms with Crippen molar-refractivity contribution in [3.05, 3.63) is 87.8 Å². The predicted octanol–water partition coefficient (Wildman–Crippen LogP) is 4.77. The molecular formula is C19H14Cl2N2O3. The highest BCUT2D eigenvalue weighted by Crippen LogP contribution is 2.25. The van der Waals surface area contributed by atoms with Crippen LogP contribution in [0.15, 0.2) is 65.3 Å². The fraction of sp³-hybridized carbons (Fsp3) is 0.0526. The van der Waals surface area contributed by atoms with E-state index in [4.69, 9.17) is 27.6 Å². The second-order valence-electron chi connectivity index (χ2n) is 5.43. The third-order valence-corrected chi connectivity index (χ3v) is 4.31. The Morgan fingerprint density at radius 1 is 0.885 bits per heavy atom. The zero-order chi connectivity index (χ0) is 18.5. The molecule has 0 saturated heterocycles. The number of furan rings is 1. The van der Waals surface area contributed by atoms with Crippen LogP contribution in [0.1, 0.15) is 26.5 Å². The van der Waals surface area contributed by atoms with E-state index in [1.165, 1.54) is 12.3 Å². The summed E-state index contributed by atoms with van der Waals surface area (Å²) in [5, 5.41) is 6.20. The number of anilines is 1. The van der Waals surface area contributed by atoms with Crippen molar-refractivity contribution in [3.63, 3.8) is 0 Å². The maximum atomic E-state index is 12.4. The number of rotatable bonds is 5. The van der Waals surface area contributed by atoms with E-state index in [2.05, 4.69) is 10.6 Å². The average Bonchev–Trinajstić information content (AvgIpc) is 3.16. The second-order valence-corrected chi connectivity index (χ2v) is 6.24. The smallest absolute Gasteiger partial charge is 0.255 e. The first kappa shape index (κ1) is 18.0. The van der Waals surface area contributed by atoms with Crippen LogP contribution in [0.3, 0.4) is 0 Å². The Hall–Kier alpha value is -2.76. The van der Waals surface area contributed by atoms with E-state index in [0.717, 1.165) is 0 Å². The first-order valence-corrected chi connectivity index (χ1v) is 8.45. The highest BCUT2D eigenvalue weighted by atomic mass is 35.5. The molecule has 3 aromatic rings. The van der Waals surface area contributed by atoms with Crippen LogP contribution in [0.2, 0.25) is 10.0 Å². The first-order valence-electron chi connectivity index (χ1n) is 7.70. The average molecular weight is 389 g/mol. The molecule has 0 spiro atoms. The van der Waals surface area contributed by atoms with Gasteiger partial charge in [0.05, 0.1) is 22.9 Å². The van der Waals surface area contributed by atoms with Gasteiger partial charge in [0, 0.05) is 16.8 Å². The van der Waals surface area contributed by atoms with Gasteiger partial charge in [-0.3, -0.25) is 9.59 Å². The maximum Gasteiger partial charge on any atom is 0.255 e. The molecule has 0 unspecified atom stereocenters. The molecular weight excluding hydrogens is 375 g/mol. The summed E-state index contributed by atoms with van der Waals surface area (Å²) in [7, 11) is 0. The second kappa shape index (κ2) is 8.08. The summed E-state index contributed by atoms with van der Waals surface area (Å²) in [6.07, 6.45) is 1.54. The molecule has 1 heterocycles. The van der Waals surface area contributed by atoms with Crippen molar-refractivity contribution >= 4 is 40.7 Å². The van der Waals surface area contributed by atoms with Crippen molar-refractivity contribution in [3.8, 4) is 0 Å². The van der Waals surface area contributed by atoms with Crippen LogP contribution in [0.5, 0.6) is 0 Å². The summed E-state index contributed by atoms with van der Waals surface area (Å²) in [4.78, 5) is 24.6. The van der Waals surface area contributed by atoms with E-state index in [1.54, 1.807) is 48.5 Å². The van der Waals surface area contributed by atoms with E-state index in [0.29, 0.717) is 32.6 Å². The molecule has 0 atom stereocenters. The largest absolute Gasteiger partial charge is 0.467 e. The maximum absolute atomic E-state index is 12.4. The summed E-state index contributed by atoms with van der Waals surface area (Å²) in [6.45, 7) is 0.269. The summed E-state index contributed by atoms with van der Waals surface area (Å²) in [6, 6.07) is 14.7. The van der Waals surface area contributed by atoms with E-state index in [1.807, 2.05) is 0 Å². The normalized spacial score (nSPS) is 10.4. The van der Waals surface area contributed by atoms with Crippen molar-refractivity contribution in [2.45, 2.75) is 6.54 Å². The standard InChI is InChI=1S/C19H14Cl2N2O3/c20-16-7-6-14(10-17(16)21)23-19(25)13-4-1-3-12(9-13)18(24)22-11-15-5-2-8-26-15/h1-10H,11H2,(H,22,24)(H,23,25). The molecule has 0 aliphatic rings. The number of carbonyl (C=O) groups is 2. The molecule has 1 aromatic heterocycles. The molecule has 2 aromatic carbocycles. The Morgan fingerprint density at radius 3 is 2.35 bits per heavy atom. The lowest BCUT2D eigenvalue weighted by atomic mass is 10.1. The lowest BCUT2D eigenvalue weighted by Gasteiger charge is -2.08. The van der Waals surface area contributed by atoms with Gasteiger partial charge < -0.3 is 15.1 Å². The van der Waals surface area contributed by atoms with Crippen LogP contribution in [-0.2, 0) is 6.54 Å². The highest BCUT2D eigenvalue weighted by Gasteiger charge is 2.12.